The van der Waals surface area contributed by atoms with E-state index in [-0.39, 0.29) is 10.4 Å². The van der Waals surface area contributed by atoms with Crippen molar-refractivity contribution in [3.63, 3.8) is 0 Å². The lowest BCUT2D eigenvalue weighted by Crippen LogP contribution is -2.20. The van der Waals surface area contributed by atoms with Gasteiger partial charge in [0.15, 0.2) is 6.61 Å². The lowest BCUT2D eigenvalue weighted by Gasteiger charge is -2.06. The van der Waals surface area contributed by atoms with Gasteiger partial charge in [0.1, 0.15) is 15.5 Å². The van der Waals surface area contributed by atoms with Gasteiger partial charge in [-0.05, 0) is 43.7 Å². The smallest absolute Gasteiger partial charge is 0.349 e. The largest absolute Gasteiger partial charge is 0.451 e. The molecular weight excluding hydrogens is 368 g/mol. The number of thiophene rings is 1. The van der Waals surface area contributed by atoms with Gasteiger partial charge in [0.2, 0.25) is 0 Å². The van der Waals surface area contributed by atoms with Crippen LogP contribution in [0.1, 0.15) is 26.6 Å². The summed E-state index contributed by atoms with van der Waals surface area (Å²) in [6, 6.07) is 8.26. The van der Waals surface area contributed by atoms with Gasteiger partial charge in [-0.15, -0.1) is 11.3 Å². The minimum Gasteiger partial charge on any atom is -0.451 e. The average molecular weight is 382 g/mol. The van der Waals surface area contributed by atoms with E-state index < -0.39 is 18.5 Å². The number of hydrogen-bond acceptors (Lipinski definition) is 7. The first kappa shape index (κ1) is 18.3. The summed E-state index contributed by atoms with van der Waals surface area (Å²) in [5.41, 5.74) is 1.11. The van der Waals surface area contributed by atoms with Crippen LogP contribution < -0.4 is 10.9 Å². The number of carbonyl (C=O) groups excluding carboxylic acids is 2. The lowest BCUT2D eigenvalue weighted by molar-refractivity contribution is -0.119. The van der Waals surface area contributed by atoms with Gasteiger partial charge in [0, 0.05) is 5.69 Å². The van der Waals surface area contributed by atoms with Crippen molar-refractivity contribution in [1.82, 2.24) is 9.97 Å². The van der Waals surface area contributed by atoms with Crippen LogP contribution in [0.3, 0.4) is 0 Å². The topological polar surface area (TPSA) is 125 Å². The minimum atomic E-state index is -0.692. The molecule has 0 aliphatic carbocycles. The van der Waals surface area contributed by atoms with Crippen molar-refractivity contribution in [2.45, 2.75) is 13.8 Å². The molecule has 2 heterocycles. The Labute approximate surface area is 157 Å². The molecule has 0 spiro atoms. The summed E-state index contributed by atoms with van der Waals surface area (Å²) in [6.45, 7) is 2.81. The fourth-order valence-corrected chi connectivity index (χ4v) is 3.59. The van der Waals surface area contributed by atoms with Crippen LogP contribution in [0.25, 0.3) is 10.2 Å². The van der Waals surface area contributed by atoms with E-state index in [1.54, 1.807) is 38.1 Å². The molecule has 27 heavy (non-hydrogen) atoms. The summed E-state index contributed by atoms with van der Waals surface area (Å²) in [4.78, 5) is 43.8. The molecule has 0 unspecified atom stereocenters. The van der Waals surface area contributed by atoms with Gasteiger partial charge in [0.25, 0.3) is 11.5 Å². The zero-order valence-corrected chi connectivity index (χ0v) is 15.3. The molecule has 8 nitrogen and oxygen atoms in total. The number of aromatic nitrogens is 2. The molecule has 0 radical (unpaired) electrons. The highest BCUT2D eigenvalue weighted by Gasteiger charge is 2.20. The Hall–Kier alpha value is -3.51. The third kappa shape index (κ3) is 3.86. The summed E-state index contributed by atoms with van der Waals surface area (Å²) < 4.78 is 5.05. The fraction of sp³-hybridized carbons (Fsp3) is 0.167. The quantitative estimate of drug-likeness (QED) is 0.667. The predicted molar refractivity (Wildman–Crippen MR) is 99.8 cm³/mol. The van der Waals surface area contributed by atoms with Crippen molar-refractivity contribution in [2.24, 2.45) is 0 Å². The molecule has 136 valence electrons. The zero-order chi connectivity index (χ0) is 19.6. The molecule has 0 aliphatic rings. The molecule has 0 fully saturated rings. The highest BCUT2D eigenvalue weighted by Crippen LogP contribution is 2.27. The Morgan fingerprint density at radius 1 is 1.30 bits per heavy atom. The van der Waals surface area contributed by atoms with E-state index >= 15 is 0 Å². The second kappa shape index (κ2) is 7.39. The predicted octanol–water partition coefficient (Wildman–Crippen LogP) is 2.27. The third-order valence-corrected chi connectivity index (χ3v) is 4.90. The maximum Gasteiger partial charge on any atom is 0.349 e. The Morgan fingerprint density at radius 3 is 2.67 bits per heavy atom. The van der Waals surface area contributed by atoms with Gasteiger partial charge in [-0.2, -0.15) is 5.26 Å². The summed E-state index contributed by atoms with van der Waals surface area (Å²) in [6.07, 6.45) is 0. The number of amides is 1. The number of carbonyl (C=O) groups is 2. The summed E-state index contributed by atoms with van der Waals surface area (Å²) >= 11 is 1.05. The molecule has 0 saturated carbocycles. The summed E-state index contributed by atoms with van der Waals surface area (Å²) in [7, 11) is 0. The number of nitrogens with zero attached hydrogens (tertiary/aromatic N) is 2. The standard InChI is InChI=1S/C18H14N4O4S/c1-9-14-16(24)20-10(2)21-17(14)27-15(9)18(25)26-8-13(23)22-12-5-3-11(7-19)4-6-12/h3-6H,8H2,1-2H3,(H,22,23)(H,20,21,24). The van der Waals surface area contributed by atoms with E-state index in [9.17, 15) is 14.4 Å². The van der Waals surface area contributed by atoms with Gasteiger partial charge >= 0.3 is 5.97 Å². The van der Waals surface area contributed by atoms with Gasteiger partial charge in [-0.3, -0.25) is 9.59 Å². The Morgan fingerprint density at radius 2 is 2.00 bits per heavy atom. The first-order valence-corrected chi connectivity index (χ1v) is 8.68. The SMILES string of the molecule is Cc1nc2sc(C(=O)OCC(=O)Nc3ccc(C#N)cc3)c(C)c2c(=O)[nH]1. The van der Waals surface area contributed by atoms with Gasteiger partial charge < -0.3 is 15.0 Å². The number of benzene rings is 1. The van der Waals surface area contributed by atoms with Crippen molar-refractivity contribution in [1.29, 1.82) is 5.26 Å². The van der Waals surface area contributed by atoms with Gasteiger partial charge in [-0.25, -0.2) is 9.78 Å². The van der Waals surface area contributed by atoms with Crippen molar-refractivity contribution in [3.8, 4) is 6.07 Å². The molecule has 3 rings (SSSR count). The molecule has 3 aromatic rings. The van der Waals surface area contributed by atoms with Crippen LogP contribution >= 0.6 is 11.3 Å². The van der Waals surface area contributed by atoms with Crippen LogP contribution in [-0.2, 0) is 9.53 Å². The summed E-state index contributed by atoms with van der Waals surface area (Å²) in [5, 5.41) is 11.7. The van der Waals surface area contributed by atoms with Crippen LogP contribution in [0, 0.1) is 25.2 Å². The number of anilines is 1. The lowest BCUT2D eigenvalue weighted by atomic mass is 10.2. The molecule has 0 atom stereocenters. The average Bonchev–Trinajstić information content (AvgIpc) is 2.97. The third-order valence-electron chi connectivity index (χ3n) is 3.74. The van der Waals surface area contributed by atoms with Gasteiger partial charge in [0.05, 0.1) is 17.0 Å². The van der Waals surface area contributed by atoms with Crippen molar-refractivity contribution >= 4 is 39.1 Å². The van der Waals surface area contributed by atoms with Crippen LogP contribution in [0.4, 0.5) is 5.69 Å². The maximum atomic E-state index is 12.3. The molecule has 1 aromatic carbocycles. The number of H-pyrrole nitrogens is 1. The molecule has 0 bridgehead atoms. The normalized spacial score (nSPS) is 10.4. The monoisotopic (exact) mass is 382 g/mol. The number of fused-ring (bicyclic) bond motifs is 1. The number of aryl methyl sites for hydroxylation is 2. The Bertz CT molecular complexity index is 1140. The van der Waals surface area contributed by atoms with Gasteiger partial charge in [-0.1, -0.05) is 0 Å². The van der Waals surface area contributed by atoms with Crippen molar-refractivity contribution < 1.29 is 14.3 Å². The van der Waals surface area contributed by atoms with E-state index in [1.165, 1.54) is 0 Å². The van der Waals surface area contributed by atoms with Crippen molar-refractivity contribution in [2.75, 3.05) is 11.9 Å². The van der Waals surface area contributed by atoms with E-state index in [0.29, 0.717) is 32.9 Å². The molecule has 9 heteroatoms. The second-order valence-electron chi connectivity index (χ2n) is 5.70. The first-order valence-electron chi connectivity index (χ1n) is 7.86. The molecule has 2 aromatic heterocycles. The van der Waals surface area contributed by atoms with E-state index in [1.807, 2.05) is 6.07 Å². The highest BCUT2D eigenvalue weighted by molar-refractivity contribution is 7.20. The highest BCUT2D eigenvalue weighted by atomic mass is 32.1. The molecule has 2 N–H and O–H groups in total. The van der Waals surface area contributed by atoms with Crippen molar-refractivity contribution in [3.05, 3.63) is 56.4 Å². The van der Waals surface area contributed by atoms with Crippen LogP contribution in [0.2, 0.25) is 0 Å². The number of ether oxygens (including phenoxy) is 1. The minimum absolute atomic E-state index is 0.236. The molecule has 0 saturated heterocycles. The Kier molecular flexibility index (Phi) is 5.00. The maximum absolute atomic E-state index is 12.3. The fourth-order valence-electron chi connectivity index (χ4n) is 2.47. The molecular formula is C18H14N4O4S. The molecule has 1 amide bonds. The van der Waals surface area contributed by atoms with Crippen LogP contribution in [0.5, 0.6) is 0 Å². The number of aromatic amines is 1. The first-order chi connectivity index (χ1) is 12.9. The Balaban J connectivity index is 1.68. The molecule has 0 aliphatic heterocycles. The zero-order valence-electron chi connectivity index (χ0n) is 14.5. The number of nitriles is 1. The van der Waals surface area contributed by atoms with Crippen LogP contribution in [0.15, 0.2) is 29.1 Å². The number of rotatable bonds is 4. The van der Waals surface area contributed by atoms with Crippen LogP contribution in [-0.4, -0.2) is 28.5 Å². The number of nitrogens with one attached hydrogen (secondary N) is 2. The van der Waals surface area contributed by atoms with E-state index in [0.717, 1.165) is 11.3 Å². The van der Waals surface area contributed by atoms with E-state index in [2.05, 4.69) is 15.3 Å². The number of hydrogen-bond donors (Lipinski definition) is 2. The second-order valence-corrected chi connectivity index (χ2v) is 6.70. The summed E-state index contributed by atoms with van der Waals surface area (Å²) in [5.74, 6) is -0.753. The van der Waals surface area contributed by atoms with E-state index in [4.69, 9.17) is 10.00 Å². The number of esters is 1.